The highest BCUT2D eigenvalue weighted by Gasteiger charge is 2.05. The Labute approximate surface area is 147 Å². The molecular weight excluding hydrogens is 342 g/mol. The first-order chi connectivity index (χ1) is 12.1. The number of aromatic amines is 2. The van der Waals surface area contributed by atoms with Gasteiger partial charge in [0.1, 0.15) is 22.2 Å². The molecule has 0 aliphatic carbocycles. The van der Waals surface area contributed by atoms with Crippen molar-refractivity contribution in [3.63, 3.8) is 0 Å². The molecule has 0 saturated carbocycles. The highest BCUT2D eigenvalue weighted by atomic mass is 35.5. The molecule has 2 heterocycles. The second kappa shape index (κ2) is 7.36. The normalized spacial score (nSPS) is 12.7. The number of benzene rings is 1. The van der Waals surface area contributed by atoms with Crippen LogP contribution in [0.4, 0.5) is 0 Å². The van der Waals surface area contributed by atoms with Crippen LogP contribution in [0.15, 0.2) is 44.7 Å². The van der Waals surface area contributed by atoms with Gasteiger partial charge in [-0.25, -0.2) is 4.98 Å². The molecule has 0 bridgehead atoms. The Morgan fingerprint density at radius 1 is 1.12 bits per heavy atom. The second-order valence-corrected chi connectivity index (χ2v) is 5.86. The summed E-state index contributed by atoms with van der Waals surface area (Å²) in [6, 6.07) is 7.05. The van der Waals surface area contributed by atoms with E-state index in [-0.39, 0.29) is 10.7 Å². The summed E-state index contributed by atoms with van der Waals surface area (Å²) in [5.74, 6) is 0.675. The Kier molecular flexibility index (Phi) is 5.00. The van der Waals surface area contributed by atoms with Crippen molar-refractivity contribution in [2.75, 3.05) is 0 Å². The standard InChI is InChI=1S/C18H16ClN3O3/c1-2-5-16-13(20-10-25-16)9-15-18(24)21-14(17(23)22-15)8-11-6-3-4-7-12(11)19/h3-4,6-10H,2,5H2,1H3,(H,21,24)(H,22,23)/b14-8-,15-9-. The monoisotopic (exact) mass is 357 g/mol. The van der Waals surface area contributed by atoms with E-state index >= 15 is 0 Å². The fraction of sp³-hybridized carbons (Fsp3) is 0.167. The molecule has 3 aromatic rings. The number of halogens is 1. The van der Waals surface area contributed by atoms with Gasteiger partial charge in [0, 0.05) is 11.4 Å². The van der Waals surface area contributed by atoms with Crippen LogP contribution in [-0.2, 0) is 6.42 Å². The summed E-state index contributed by atoms with van der Waals surface area (Å²) < 4.78 is 5.30. The van der Waals surface area contributed by atoms with Gasteiger partial charge >= 0.3 is 0 Å². The van der Waals surface area contributed by atoms with Gasteiger partial charge < -0.3 is 14.4 Å². The first kappa shape index (κ1) is 17.0. The van der Waals surface area contributed by atoms with Gasteiger partial charge in [-0.2, -0.15) is 0 Å². The Balaban J connectivity index is 2.12. The topological polar surface area (TPSA) is 91.8 Å². The number of rotatable bonds is 4. The van der Waals surface area contributed by atoms with Gasteiger partial charge in [-0.15, -0.1) is 0 Å². The predicted molar refractivity (Wildman–Crippen MR) is 96.0 cm³/mol. The summed E-state index contributed by atoms with van der Waals surface area (Å²) in [6.45, 7) is 2.01. The molecule has 25 heavy (non-hydrogen) atoms. The minimum Gasteiger partial charge on any atom is -0.448 e. The first-order valence-corrected chi connectivity index (χ1v) is 8.19. The van der Waals surface area contributed by atoms with Crippen molar-refractivity contribution in [2.24, 2.45) is 0 Å². The molecule has 0 spiro atoms. The number of nitrogens with zero attached hydrogens (tertiary/aromatic N) is 1. The van der Waals surface area contributed by atoms with Crippen LogP contribution in [-0.4, -0.2) is 15.0 Å². The van der Waals surface area contributed by atoms with Crippen molar-refractivity contribution in [1.29, 1.82) is 0 Å². The van der Waals surface area contributed by atoms with Crippen molar-refractivity contribution in [2.45, 2.75) is 19.8 Å². The summed E-state index contributed by atoms with van der Waals surface area (Å²) in [5, 5.41) is 0.738. The van der Waals surface area contributed by atoms with Gasteiger partial charge in [-0.05, 0) is 30.2 Å². The van der Waals surface area contributed by atoms with Crippen molar-refractivity contribution >= 4 is 23.8 Å². The van der Waals surface area contributed by atoms with Crippen LogP contribution >= 0.6 is 11.6 Å². The number of oxazole rings is 1. The maximum atomic E-state index is 12.3. The quantitative estimate of drug-likeness (QED) is 0.736. The molecule has 3 rings (SSSR count). The molecule has 0 fully saturated rings. The summed E-state index contributed by atoms with van der Waals surface area (Å²) in [5.41, 5.74) is 0.323. The number of hydrogen-bond donors (Lipinski definition) is 2. The van der Waals surface area contributed by atoms with Crippen molar-refractivity contribution in [1.82, 2.24) is 15.0 Å². The summed E-state index contributed by atoms with van der Waals surface area (Å²) >= 11 is 6.08. The third-order valence-electron chi connectivity index (χ3n) is 3.62. The molecule has 0 atom stereocenters. The fourth-order valence-electron chi connectivity index (χ4n) is 2.39. The molecule has 0 aliphatic heterocycles. The number of hydrogen-bond acceptors (Lipinski definition) is 4. The molecule has 1 aromatic carbocycles. The van der Waals surface area contributed by atoms with Crippen LogP contribution in [0.5, 0.6) is 0 Å². The Hall–Kier alpha value is -2.86. The molecule has 2 aromatic heterocycles. The van der Waals surface area contributed by atoms with Crippen LogP contribution < -0.4 is 21.8 Å². The Morgan fingerprint density at radius 2 is 1.80 bits per heavy atom. The predicted octanol–water partition coefficient (Wildman–Crippen LogP) is 1.31. The summed E-state index contributed by atoms with van der Waals surface area (Å²) in [7, 11) is 0. The highest BCUT2D eigenvalue weighted by molar-refractivity contribution is 6.32. The minimum absolute atomic E-state index is 0.118. The van der Waals surface area contributed by atoms with Crippen molar-refractivity contribution in [3.05, 3.63) is 84.1 Å². The van der Waals surface area contributed by atoms with Crippen LogP contribution in [0.3, 0.4) is 0 Å². The van der Waals surface area contributed by atoms with Gasteiger partial charge in [0.25, 0.3) is 11.1 Å². The number of aryl methyl sites for hydroxylation is 1. The molecule has 7 heteroatoms. The number of nitrogens with one attached hydrogen (secondary N) is 2. The molecule has 0 saturated heterocycles. The molecule has 0 radical (unpaired) electrons. The lowest BCUT2D eigenvalue weighted by molar-refractivity contribution is 0.500. The van der Waals surface area contributed by atoms with Crippen LogP contribution in [0.2, 0.25) is 5.02 Å². The maximum absolute atomic E-state index is 12.3. The second-order valence-electron chi connectivity index (χ2n) is 5.46. The zero-order chi connectivity index (χ0) is 17.8. The zero-order valence-electron chi connectivity index (χ0n) is 13.5. The van der Waals surface area contributed by atoms with Crippen LogP contribution in [0, 0.1) is 0 Å². The van der Waals surface area contributed by atoms with E-state index < -0.39 is 11.1 Å². The largest absolute Gasteiger partial charge is 0.448 e. The van der Waals surface area contributed by atoms with E-state index in [0.29, 0.717) is 28.5 Å². The van der Waals surface area contributed by atoms with E-state index in [9.17, 15) is 9.59 Å². The average molecular weight is 358 g/mol. The molecule has 0 unspecified atom stereocenters. The Bertz CT molecular complexity index is 1130. The SMILES string of the molecule is CCCc1ocnc1/C=c1\[nH]c(=O)/c(=C/c2ccccc2Cl)[nH]c1=O. The molecular formula is C18H16ClN3O3. The van der Waals surface area contributed by atoms with Crippen molar-refractivity contribution < 1.29 is 4.42 Å². The van der Waals surface area contributed by atoms with E-state index in [1.807, 2.05) is 6.92 Å². The van der Waals surface area contributed by atoms with E-state index in [1.54, 1.807) is 24.3 Å². The van der Waals surface area contributed by atoms with E-state index in [2.05, 4.69) is 15.0 Å². The van der Waals surface area contributed by atoms with Gasteiger partial charge in [-0.1, -0.05) is 36.7 Å². The Morgan fingerprint density at radius 3 is 2.48 bits per heavy atom. The lowest BCUT2D eigenvalue weighted by Gasteiger charge is -1.96. The number of H-pyrrole nitrogens is 2. The smallest absolute Gasteiger partial charge is 0.272 e. The zero-order valence-corrected chi connectivity index (χ0v) is 14.3. The molecule has 6 nitrogen and oxygen atoms in total. The maximum Gasteiger partial charge on any atom is 0.272 e. The van der Waals surface area contributed by atoms with Crippen LogP contribution in [0.25, 0.3) is 12.2 Å². The molecule has 128 valence electrons. The average Bonchev–Trinajstić information content (AvgIpc) is 3.01. The van der Waals surface area contributed by atoms with Crippen LogP contribution in [0.1, 0.15) is 30.4 Å². The van der Waals surface area contributed by atoms with Crippen molar-refractivity contribution in [3.8, 4) is 0 Å². The van der Waals surface area contributed by atoms with Gasteiger partial charge in [-0.3, -0.25) is 9.59 Å². The van der Waals surface area contributed by atoms with Gasteiger partial charge in [0.05, 0.1) is 0 Å². The lowest BCUT2D eigenvalue weighted by Crippen LogP contribution is -2.46. The molecule has 0 amide bonds. The van der Waals surface area contributed by atoms with E-state index in [1.165, 1.54) is 18.5 Å². The van der Waals surface area contributed by atoms with Gasteiger partial charge in [0.2, 0.25) is 0 Å². The highest BCUT2D eigenvalue weighted by Crippen LogP contribution is 2.14. The summed E-state index contributed by atoms with van der Waals surface area (Å²) in [6.07, 6.45) is 5.95. The fourth-order valence-corrected chi connectivity index (χ4v) is 2.58. The summed E-state index contributed by atoms with van der Waals surface area (Å²) in [4.78, 5) is 33.8. The first-order valence-electron chi connectivity index (χ1n) is 7.81. The molecule has 0 aliphatic rings. The van der Waals surface area contributed by atoms with Gasteiger partial charge in [0.15, 0.2) is 6.39 Å². The third-order valence-corrected chi connectivity index (χ3v) is 3.97. The minimum atomic E-state index is -0.427. The lowest BCUT2D eigenvalue weighted by atomic mass is 10.2. The van der Waals surface area contributed by atoms with E-state index in [4.69, 9.17) is 16.0 Å². The third kappa shape index (κ3) is 3.80. The molecule has 2 N–H and O–H groups in total. The number of aromatic nitrogens is 3. The van der Waals surface area contributed by atoms with E-state index in [0.717, 1.165) is 6.42 Å².